The third-order valence-electron chi connectivity index (χ3n) is 3.08. The molecule has 0 bridgehead atoms. The zero-order valence-electron chi connectivity index (χ0n) is 9.36. The zero-order chi connectivity index (χ0) is 12.3. The number of aliphatic carboxylic acids is 1. The third kappa shape index (κ3) is 2.84. The fourth-order valence-corrected chi connectivity index (χ4v) is 2.33. The van der Waals surface area contributed by atoms with Gasteiger partial charge in [-0.2, -0.15) is 0 Å². The average molecular weight is 300 g/mol. The van der Waals surface area contributed by atoms with Gasteiger partial charge in [0, 0.05) is 29.4 Å². The second-order valence-electron chi connectivity index (χ2n) is 4.39. The van der Waals surface area contributed by atoms with Crippen LogP contribution in [-0.2, 0) is 16.0 Å². The summed E-state index contributed by atoms with van der Waals surface area (Å²) in [5.74, 6) is -0.790. The summed E-state index contributed by atoms with van der Waals surface area (Å²) in [7, 11) is 0. The van der Waals surface area contributed by atoms with E-state index in [1.807, 2.05) is 12.1 Å². The third-order valence-corrected chi connectivity index (χ3v) is 3.55. The summed E-state index contributed by atoms with van der Waals surface area (Å²) in [5.41, 5.74) is -0.0138. The van der Waals surface area contributed by atoms with Crippen LogP contribution in [0.15, 0.2) is 22.8 Å². The Morgan fingerprint density at radius 2 is 2.41 bits per heavy atom. The number of carbonyl (C=O) groups is 1. The highest BCUT2D eigenvalue weighted by Gasteiger charge is 2.41. The number of ether oxygens (including phenoxy) is 1. The summed E-state index contributed by atoms with van der Waals surface area (Å²) in [6.45, 7) is 0.933. The monoisotopic (exact) mass is 299 g/mol. The van der Waals surface area contributed by atoms with Gasteiger partial charge in [-0.05, 0) is 40.9 Å². The molecular weight excluding hydrogens is 286 g/mol. The van der Waals surface area contributed by atoms with E-state index in [2.05, 4.69) is 20.9 Å². The van der Waals surface area contributed by atoms with Crippen molar-refractivity contribution >= 4 is 21.9 Å². The molecule has 0 amide bonds. The van der Waals surface area contributed by atoms with Crippen molar-refractivity contribution < 1.29 is 14.6 Å². The minimum Gasteiger partial charge on any atom is -0.481 e. The van der Waals surface area contributed by atoms with Crippen molar-refractivity contribution in [3.63, 3.8) is 0 Å². The SMILES string of the molecule is O=C(O)C1(Cc2ccc(Br)cn2)CCCOC1. The van der Waals surface area contributed by atoms with Crippen LogP contribution in [0.5, 0.6) is 0 Å². The molecule has 0 radical (unpaired) electrons. The van der Waals surface area contributed by atoms with Gasteiger partial charge in [-0.1, -0.05) is 0 Å². The highest BCUT2D eigenvalue weighted by Crippen LogP contribution is 2.32. The first-order valence-electron chi connectivity index (χ1n) is 5.54. The number of hydrogen-bond acceptors (Lipinski definition) is 3. The zero-order valence-corrected chi connectivity index (χ0v) is 10.9. The molecule has 0 aliphatic carbocycles. The topological polar surface area (TPSA) is 59.4 Å². The van der Waals surface area contributed by atoms with Gasteiger partial charge in [0.25, 0.3) is 0 Å². The van der Waals surface area contributed by atoms with Crippen LogP contribution < -0.4 is 0 Å². The summed E-state index contributed by atoms with van der Waals surface area (Å²) in [6.07, 6.45) is 3.56. The maximum absolute atomic E-state index is 11.4. The van der Waals surface area contributed by atoms with Crippen LogP contribution in [0.3, 0.4) is 0 Å². The maximum atomic E-state index is 11.4. The van der Waals surface area contributed by atoms with Gasteiger partial charge in [-0.15, -0.1) is 0 Å². The molecule has 1 unspecified atom stereocenters. The van der Waals surface area contributed by atoms with E-state index >= 15 is 0 Å². The number of carboxylic acids is 1. The number of nitrogens with zero attached hydrogens (tertiary/aromatic N) is 1. The molecule has 1 saturated heterocycles. The van der Waals surface area contributed by atoms with Crippen molar-refractivity contribution in [1.82, 2.24) is 4.98 Å². The molecule has 2 heterocycles. The van der Waals surface area contributed by atoms with E-state index in [1.165, 1.54) is 0 Å². The van der Waals surface area contributed by atoms with E-state index in [0.29, 0.717) is 19.4 Å². The lowest BCUT2D eigenvalue weighted by molar-refractivity contribution is -0.157. The average Bonchev–Trinajstić information content (AvgIpc) is 2.33. The Morgan fingerprint density at radius 3 is 2.94 bits per heavy atom. The summed E-state index contributed by atoms with van der Waals surface area (Å²) in [4.78, 5) is 15.7. The number of aromatic nitrogens is 1. The van der Waals surface area contributed by atoms with Crippen LogP contribution in [0, 0.1) is 5.41 Å². The van der Waals surface area contributed by atoms with E-state index < -0.39 is 11.4 Å². The predicted octanol–water partition coefficient (Wildman–Crippen LogP) is 2.27. The highest BCUT2D eigenvalue weighted by atomic mass is 79.9. The number of halogens is 1. The Kier molecular flexibility index (Phi) is 3.79. The number of pyridine rings is 1. The molecule has 1 atom stereocenters. The molecule has 2 rings (SSSR count). The number of hydrogen-bond donors (Lipinski definition) is 1. The molecule has 5 heteroatoms. The number of rotatable bonds is 3. The molecule has 92 valence electrons. The lowest BCUT2D eigenvalue weighted by Crippen LogP contribution is -2.41. The van der Waals surface area contributed by atoms with Gasteiger partial charge in [0.1, 0.15) is 0 Å². The normalized spacial score (nSPS) is 24.5. The van der Waals surface area contributed by atoms with Crippen molar-refractivity contribution in [3.8, 4) is 0 Å². The highest BCUT2D eigenvalue weighted by molar-refractivity contribution is 9.10. The van der Waals surface area contributed by atoms with E-state index in [1.54, 1.807) is 6.20 Å². The van der Waals surface area contributed by atoms with Gasteiger partial charge in [0.15, 0.2) is 0 Å². The van der Waals surface area contributed by atoms with Gasteiger partial charge in [0.2, 0.25) is 0 Å². The number of carboxylic acid groups (broad SMARTS) is 1. The summed E-state index contributed by atoms with van der Waals surface area (Å²) < 4.78 is 6.22. The largest absolute Gasteiger partial charge is 0.481 e. The van der Waals surface area contributed by atoms with Crippen LogP contribution in [0.25, 0.3) is 0 Å². The van der Waals surface area contributed by atoms with Gasteiger partial charge < -0.3 is 9.84 Å². The van der Waals surface area contributed by atoms with Crippen LogP contribution in [0.4, 0.5) is 0 Å². The first kappa shape index (κ1) is 12.5. The lowest BCUT2D eigenvalue weighted by atomic mass is 9.78. The Balaban J connectivity index is 2.17. The second kappa shape index (κ2) is 5.14. The molecule has 0 spiro atoms. The summed E-state index contributed by atoms with van der Waals surface area (Å²) in [6, 6.07) is 3.73. The minimum atomic E-state index is -0.806. The first-order chi connectivity index (χ1) is 8.12. The molecule has 1 aromatic heterocycles. The molecule has 1 aromatic rings. The molecule has 0 aromatic carbocycles. The van der Waals surface area contributed by atoms with Crippen LogP contribution >= 0.6 is 15.9 Å². The van der Waals surface area contributed by atoms with Crippen molar-refractivity contribution in [1.29, 1.82) is 0 Å². The molecule has 1 aliphatic rings. The molecule has 1 aliphatic heterocycles. The fraction of sp³-hybridized carbons (Fsp3) is 0.500. The van der Waals surface area contributed by atoms with Gasteiger partial charge in [-0.3, -0.25) is 9.78 Å². The second-order valence-corrected chi connectivity index (χ2v) is 5.30. The van der Waals surface area contributed by atoms with Gasteiger partial charge in [0.05, 0.1) is 12.0 Å². The quantitative estimate of drug-likeness (QED) is 0.930. The van der Waals surface area contributed by atoms with Crippen LogP contribution in [-0.4, -0.2) is 29.3 Å². The summed E-state index contributed by atoms with van der Waals surface area (Å²) in [5, 5.41) is 9.39. The van der Waals surface area contributed by atoms with E-state index in [0.717, 1.165) is 16.6 Å². The van der Waals surface area contributed by atoms with E-state index in [-0.39, 0.29) is 6.61 Å². The Bertz CT molecular complexity index is 399. The van der Waals surface area contributed by atoms with Crippen molar-refractivity contribution in [3.05, 3.63) is 28.5 Å². The van der Waals surface area contributed by atoms with Crippen molar-refractivity contribution in [2.45, 2.75) is 19.3 Å². The lowest BCUT2D eigenvalue weighted by Gasteiger charge is -2.32. The molecular formula is C12H14BrNO3. The first-order valence-corrected chi connectivity index (χ1v) is 6.33. The Morgan fingerprint density at radius 1 is 1.59 bits per heavy atom. The molecule has 0 saturated carbocycles. The van der Waals surface area contributed by atoms with E-state index in [9.17, 15) is 9.90 Å². The van der Waals surface area contributed by atoms with E-state index in [4.69, 9.17) is 4.74 Å². The molecule has 4 nitrogen and oxygen atoms in total. The minimum absolute atomic E-state index is 0.278. The standard InChI is InChI=1S/C12H14BrNO3/c13-9-2-3-10(14-7-9)6-12(11(15)16)4-1-5-17-8-12/h2-3,7H,1,4-6,8H2,(H,15,16). The van der Waals surface area contributed by atoms with Crippen molar-refractivity contribution in [2.75, 3.05) is 13.2 Å². The van der Waals surface area contributed by atoms with Crippen LogP contribution in [0.1, 0.15) is 18.5 Å². The maximum Gasteiger partial charge on any atom is 0.312 e. The molecule has 17 heavy (non-hydrogen) atoms. The fourth-order valence-electron chi connectivity index (χ4n) is 2.09. The van der Waals surface area contributed by atoms with Gasteiger partial charge in [-0.25, -0.2) is 0 Å². The van der Waals surface area contributed by atoms with Crippen LogP contribution in [0.2, 0.25) is 0 Å². The summed E-state index contributed by atoms with van der Waals surface area (Å²) >= 11 is 3.31. The van der Waals surface area contributed by atoms with Gasteiger partial charge >= 0.3 is 5.97 Å². The molecule has 1 fully saturated rings. The molecule has 1 N–H and O–H groups in total. The predicted molar refractivity (Wildman–Crippen MR) is 65.8 cm³/mol. The smallest absolute Gasteiger partial charge is 0.312 e. The van der Waals surface area contributed by atoms with Crippen molar-refractivity contribution in [2.24, 2.45) is 5.41 Å². The Hall–Kier alpha value is -0.940. The Labute approximate surface area is 108 Å².